The number of hydrogen-bond donors (Lipinski definition) is 2. The summed E-state index contributed by atoms with van der Waals surface area (Å²) in [4.78, 5) is 1.08. The summed E-state index contributed by atoms with van der Waals surface area (Å²) >= 11 is 1.59. The van der Waals surface area contributed by atoms with E-state index in [9.17, 15) is 0 Å². The van der Waals surface area contributed by atoms with Crippen LogP contribution in [0.4, 0.5) is 0 Å². The summed E-state index contributed by atoms with van der Waals surface area (Å²) < 4.78 is 0. The third-order valence-electron chi connectivity index (χ3n) is 1.19. The van der Waals surface area contributed by atoms with Crippen LogP contribution >= 0.6 is 11.3 Å². The van der Waals surface area contributed by atoms with Crippen molar-refractivity contribution in [2.75, 3.05) is 0 Å². The summed E-state index contributed by atoms with van der Waals surface area (Å²) in [5, 5.41) is 10.6. The molecule has 0 amide bonds. The van der Waals surface area contributed by atoms with Crippen LogP contribution in [0.3, 0.4) is 0 Å². The Balaban J connectivity index is 2.85. The van der Waals surface area contributed by atoms with Crippen LogP contribution in [0, 0.1) is 0 Å². The first-order chi connectivity index (χ1) is 4.38. The van der Waals surface area contributed by atoms with Gasteiger partial charge in [0.25, 0.3) is 0 Å². The molecule has 50 valence electrons. The Labute approximate surface area is 57.9 Å². The topological polar surface area (TPSA) is 46.2 Å². The van der Waals surface area contributed by atoms with Gasteiger partial charge in [-0.25, -0.2) is 0 Å². The smallest absolute Gasteiger partial charge is 0.0693 e. The summed E-state index contributed by atoms with van der Waals surface area (Å²) in [7, 11) is 0. The van der Waals surface area contributed by atoms with Gasteiger partial charge in [-0.15, -0.1) is 11.3 Å². The molecular formula is C6H9NOS. The van der Waals surface area contributed by atoms with Gasteiger partial charge in [-0.3, -0.25) is 0 Å². The highest BCUT2D eigenvalue weighted by atomic mass is 32.1. The molecule has 0 aliphatic rings. The van der Waals surface area contributed by atoms with Crippen molar-refractivity contribution >= 4 is 11.3 Å². The average Bonchev–Trinajstić information content (AvgIpc) is 2.33. The maximum absolute atomic E-state index is 8.69. The lowest BCUT2D eigenvalue weighted by atomic mass is 10.3. The highest BCUT2D eigenvalue weighted by molar-refractivity contribution is 7.10. The number of hydrogen-bond acceptors (Lipinski definition) is 3. The number of thiophene rings is 1. The molecule has 1 aromatic heterocycles. The molecule has 3 heteroatoms. The SMILES string of the molecule is NCc1sccc1CO. The summed E-state index contributed by atoms with van der Waals surface area (Å²) in [5.74, 6) is 0. The molecule has 1 heterocycles. The van der Waals surface area contributed by atoms with Crippen LogP contribution < -0.4 is 5.73 Å². The first-order valence-corrected chi connectivity index (χ1v) is 3.62. The fourth-order valence-corrected chi connectivity index (χ4v) is 1.46. The second-order valence-corrected chi connectivity index (χ2v) is 2.73. The van der Waals surface area contributed by atoms with Gasteiger partial charge >= 0.3 is 0 Å². The van der Waals surface area contributed by atoms with Crippen LogP contribution in [0.2, 0.25) is 0 Å². The maximum atomic E-state index is 8.69. The third-order valence-corrected chi connectivity index (χ3v) is 2.18. The molecule has 0 bridgehead atoms. The van der Waals surface area contributed by atoms with Gasteiger partial charge in [-0.1, -0.05) is 0 Å². The molecule has 0 radical (unpaired) electrons. The van der Waals surface area contributed by atoms with Crippen LogP contribution in [0.15, 0.2) is 11.4 Å². The Morgan fingerprint density at radius 1 is 1.67 bits per heavy atom. The van der Waals surface area contributed by atoms with Crippen molar-refractivity contribution in [1.29, 1.82) is 0 Å². The van der Waals surface area contributed by atoms with Crippen molar-refractivity contribution in [3.63, 3.8) is 0 Å². The third kappa shape index (κ3) is 1.30. The van der Waals surface area contributed by atoms with Crippen molar-refractivity contribution in [1.82, 2.24) is 0 Å². The van der Waals surface area contributed by atoms with E-state index in [0.717, 1.165) is 10.4 Å². The van der Waals surface area contributed by atoms with E-state index >= 15 is 0 Å². The summed E-state index contributed by atoms with van der Waals surface area (Å²) in [5.41, 5.74) is 6.33. The first-order valence-electron chi connectivity index (χ1n) is 2.74. The molecule has 1 aromatic rings. The lowest BCUT2D eigenvalue weighted by Crippen LogP contribution is -1.96. The minimum absolute atomic E-state index is 0.107. The average molecular weight is 143 g/mol. The van der Waals surface area contributed by atoms with Gasteiger partial charge in [-0.05, 0) is 17.0 Å². The molecule has 0 aromatic carbocycles. The van der Waals surface area contributed by atoms with Crippen LogP contribution in [0.5, 0.6) is 0 Å². The zero-order valence-corrected chi connectivity index (χ0v) is 5.82. The van der Waals surface area contributed by atoms with E-state index in [1.807, 2.05) is 11.4 Å². The van der Waals surface area contributed by atoms with Crippen molar-refractivity contribution in [2.24, 2.45) is 5.73 Å². The molecule has 3 N–H and O–H groups in total. The predicted molar refractivity (Wildman–Crippen MR) is 38.1 cm³/mol. The fraction of sp³-hybridized carbons (Fsp3) is 0.333. The van der Waals surface area contributed by atoms with Crippen molar-refractivity contribution in [3.05, 3.63) is 21.9 Å². The maximum Gasteiger partial charge on any atom is 0.0693 e. The van der Waals surface area contributed by atoms with Crippen LogP contribution in [0.25, 0.3) is 0 Å². The van der Waals surface area contributed by atoms with Crippen LogP contribution in [-0.4, -0.2) is 5.11 Å². The molecule has 0 saturated carbocycles. The standard InChI is InChI=1S/C6H9NOS/c7-3-6-5(4-8)1-2-9-6/h1-2,8H,3-4,7H2. The largest absolute Gasteiger partial charge is 0.392 e. The number of aliphatic hydroxyl groups excluding tert-OH is 1. The number of rotatable bonds is 2. The predicted octanol–water partition coefficient (Wildman–Crippen LogP) is 0.699. The fourth-order valence-electron chi connectivity index (χ4n) is 0.687. The molecule has 1 rings (SSSR count). The Morgan fingerprint density at radius 3 is 2.89 bits per heavy atom. The van der Waals surface area contributed by atoms with E-state index in [2.05, 4.69) is 0 Å². The first kappa shape index (κ1) is 6.74. The minimum atomic E-state index is 0.107. The van der Waals surface area contributed by atoms with Gasteiger partial charge in [0.1, 0.15) is 0 Å². The highest BCUT2D eigenvalue weighted by Gasteiger charge is 1.98. The Morgan fingerprint density at radius 2 is 2.44 bits per heavy atom. The monoisotopic (exact) mass is 143 g/mol. The molecule has 9 heavy (non-hydrogen) atoms. The van der Waals surface area contributed by atoms with E-state index in [1.165, 1.54) is 0 Å². The lowest BCUT2D eigenvalue weighted by molar-refractivity contribution is 0.281. The van der Waals surface area contributed by atoms with Gasteiger partial charge in [-0.2, -0.15) is 0 Å². The summed E-state index contributed by atoms with van der Waals surface area (Å²) in [6.45, 7) is 0.642. The van der Waals surface area contributed by atoms with Crippen molar-refractivity contribution in [3.8, 4) is 0 Å². The zero-order valence-electron chi connectivity index (χ0n) is 5.00. The van der Waals surface area contributed by atoms with Crippen molar-refractivity contribution < 1.29 is 5.11 Å². The summed E-state index contributed by atoms with van der Waals surface area (Å²) in [6, 6.07) is 1.90. The normalized spacial score (nSPS) is 10.0. The van der Waals surface area contributed by atoms with E-state index in [-0.39, 0.29) is 6.61 Å². The van der Waals surface area contributed by atoms with Crippen LogP contribution in [-0.2, 0) is 13.2 Å². The van der Waals surface area contributed by atoms with E-state index < -0.39 is 0 Å². The Hall–Kier alpha value is -0.380. The van der Waals surface area contributed by atoms with Gasteiger partial charge in [0.2, 0.25) is 0 Å². The van der Waals surface area contributed by atoms with E-state index in [1.54, 1.807) is 11.3 Å². The molecule has 2 nitrogen and oxygen atoms in total. The number of nitrogens with two attached hydrogens (primary N) is 1. The lowest BCUT2D eigenvalue weighted by Gasteiger charge is -1.92. The van der Waals surface area contributed by atoms with Gasteiger partial charge < -0.3 is 10.8 Å². The van der Waals surface area contributed by atoms with Crippen LogP contribution in [0.1, 0.15) is 10.4 Å². The Kier molecular flexibility index (Phi) is 2.22. The molecule has 0 spiro atoms. The molecule has 0 aliphatic carbocycles. The molecule has 0 unspecified atom stereocenters. The highest BCUT2D eigenvalue weighted by Crippen LogP contribution is 2.14. The van der Waals surface area contributed by atoms with Gasteiger partial charge in [0.05, 0.1) is 6.61 Å². The second kappa shape index (κ2) is 2.96. The molecule has 0 aliphatic heterocycles. The van der Waals surface area contributed by atoms with Crippen molar-refractivity contribution in [2.45, 2.75) is 13.2 Å². The van der Waals surface area contributed by atoms with Gasteiger partial charge in [0, 0.05) is 11.4 Å². The summed E-state index contributed by atoms with van der Waals surface area (Å²) in [6.07, 6.45) is 0. The minimum Gasteiger partial charge on any atom is -0.392 e. The quantitative estimate of drug-likeness (QED) is 0.640. The van der Waals surface area contributed by atoms with E-state index in [0.29, 0.717) is 6.54 Å². The second-order valence-electron chi connectivity index (χ2n) is 1.73. The van der Waals surface area contributed by atoms with Gasteiger partial charge in [0.15, 0.2) is 0 Å². The molecule has 0 fully saturated rings. The van der Waals surface area contributed by atoms with E-state index in [4.69, 9.17) is 10.8 Å². The molecule has 0 saturated heterocycles. The molecule has 0 atom stereocenters. The number of aliphatic hydroxyl groups is 1. The molecular weight excluding hydrogens is 134 g/mol. The zero-order chi connectivity index (χ0) is 6.69. The Bertz CT molecular complexity index is 166.